The van der Waals surface area contributed by atoms with Crippen LogP contribution in [-0.4, -0.2) is 17.7 Å². The van der Waals surface area contributed by atoms with Crippen LogP contribution in [0, 0.1) is 11.6 Å². The largest absolute Gasteiger partial charge is 0.387 e. The minimum atomic E-state index is -1.16. The molecule has 0 saturated carbocycles. The molecule has 0 aromatic heterocycles. The predicted molar refractivity (Wildman–Crippen MR) is 79.1 cm³/mol. The molecule has 0 fully saturated rings. The number of halogens is 2. The van der Waals surface area contributed by atoms with Crippen LogP contribution in [0.5, 0.6) is 0 Å². The summed E-state index contributed by atoms with van der Waals surface area (Å²) in [6, 6.07) is 11.6. The number of carbonyl (C=O) groups is 1. The number of hydrogen-bond donors (Lipinski definition) is 3. The second-order valence-corrected chi connectivity index (χ2v) is 4.78. The van der Waals surface area contributed by atoms with Gasteiger partial charge in [-0.1, -0.05) is 36.4 Å². The second-order valence-electron chi connectivity index (χ2n) is 4.78. The summed E-state index contributed by atoms with van der Waals surface area (Å²) in [4.78, 5) is 16.5. The van der Waals surface area contributed by atoms with Gasteiger partial charge in [-0.2, -0.15) is 0 Å². The Bertz CT molecular complexity index is 653. The van der Waals surface area contributed by atoms with E-state index < -0.39 is 23.8 Å². The van der Waals surface area contributed by atoms with Gasteiger partial charge in [0.2, 0.25) is 0 Å². The van der Waals surface area contributed by atoms with Crippen molar-refractivity contribution in [2.75, 3.05) is 6.54 Å². The van der Waals surface area contributed by atoms with E-state index in [2.05, 4.69) is 10.8 Å². The van der Waals surface area contributed by atoms with E-state index in [1.807, 2.05) is 30.3 Å². The van der Waals surface area contributed by atoms with Gasteiger partial charge in [-0.15, -0.1) is 0 Å². The highest BCUT2D eigenvalue weighted by atomic mass is 19.2. The first-order chi connectivity index (χ1) is 11.1. The summed E-state index contributed by atoms with van der Waals surface area (Å²) in [7, 11) is 0. The Morgan fingerprint density at radius 1 is 1.13 bits per heavy atom. The van der Waals surface area contributed by atoms with E-state index in [1.165, 1.54) is 6.07 Å². The third-order valence-electron chi connectivity index (χ3n) is 3.03. The van der Waals surface area contributed by atoms with Gasteiger partial charge in [0.1, 0.15) is 0 Å². The van der Waals surface area contributed by atoms with Gasteiger partial charge in [0.05, 0.1) is 12.7 Å². The Hall–Kier alpha value is -2.51. The van der Waals surface area contributed by atoms with Crippen molar-refractivity contribution in [3.8, 4) is 0 Å². The normalized spacial score (nSPS) is 11.8. The van der Waals surface area contributed by atoms with Crippen molar-refractivity contribution in [2.45, 2.75) is 12.7 Å². The molecule has 0 unspecified atom stereocenters. The number of hydroxylamine groups is 1. The van der Waals surface area contributed by atoms with Crippen molar-refractivity contribution in [1.82, 2.24) is 10.8 Å². The summed E-state index contributed by atoms with van der Waals surface area (Å²) >= 11 is 0. The van der Waals surface area contributed by atoms with Gasteiger partial charge in [0.15, 0.2) is 11.6 Å². The molecule has 5 nitrogen and oxygen atoms in total. The van der Waals surface area contributed by atoms with Crippen LogP contribution in [0.4, 0.5) is 13.6 Å². The summed E-state index contributed by atoms with van der Waals surface area (Å²) in [5.41, 5.74) is 3.21. The van der Waals surface area contributed by atoms with Crippen LogP contribution in [-0.2, 0) is 11.4 Å². The Morgan fingerprint density at radius 3 is 2.57 bits per heavy atom. The fraction of sp³-hybridized carbons (Fsp3) is 0.188. The van der Waals surface area contributed by atoms with Gasteiger partial charge in [-0.25, -0.2) is 19.1 Å². The summed E-state index contributed by atoms with van der Waals surface area (Å²) in [6.45, 7) is 0.0194. The van der Waals surface area contributed by atoms with Crippen LogP contribution in [0.25, 0.3) is 0 Å². The zero-order chi connectivity index (χ0) is 16.7. The van der Waals surface area contributed by atoms with E-state index in [0.29, 0.717) is 0 Å². The standard InChI is InChI=1S/C16H16F2N2O3/c17-13-7-6-12(8-14(13)18)15(21)9-19-16(22)20-23-10-11-4-2-1-3-5-11/h1-8,15,21H,9-10H2,(H2,19,20,22)/t15-/m1/s1. The number of aliphatic hydroxyl groups excluding tert-OH is 1. The molecule has 122 valence electrons. The first kappa shape index (κ1) is 16.9. The highest BCUT2D eigenvalue weighted by Gasteiger charge is 2.12. The lowest BCUT2D eigenvalue weighted by Gasteiger charge is -2.13. The van der Waals surface area contributed by atoms with Gasteiger partial charge in [0.25, 0.3) is 0 Å². The number of hydrogen-bond acceptors (Lipinski definition) is 3. The third kappa shape index (κ3) is 5.32. The smallest absolute Gasteiger partial charge is 0.338 e. The molecule has 0 aliphatic heterocycles. The van der Waals surface area contributed by atoms with E-state index in [-0.39, 0.29) is 18.7 Å². The molecule has 0 aliphatic carbocycles. The van der Waals surface area contributed by atoms with E-state index >= 15 is 0 Å². The molecule has 2 rings (SSSR count). The number of benzene rings is 2. The number of nitrogens with one attached hydrogen (secondary N) is 2. The maximum atomic E-state index is 13.1. The molecule has 0 aliphatic rings. The van der Waals surface area contributed by atoms with Gasteiger partial charge in [-0.3, -0.25) is 4.84 Å². The number of rotatable bonds is 6. The molecule has 0 saturated heterocycles. The number of urea groups is 1. The Balaban J connectivity index is 1.72. The molecule has 0 bridgehead atoms. The molecular formula is C16H16F2N2O3. The molecule has 0 spiro atoms. The first-order valence-corrected chi connectivity index (χ1v) is 6.89. The Morgan fingerprint density at radius 2 is 1.87 bits per heavy atom. The summed E-state index contributed by atoms with van der Waals surface area (Å²) in [5.74, 6) is -2.06. The Kier molecular flexibility index (Phi) is 6.02. The van der Waals surface area contributed by atoms with Gasteiger partial charge in [0, 0.05) is 6.54 Å². The highest BCUT2D eigenvalue weighted by molar-refractivity contribution is 5.72. The van der Waals surface area contributed by atoms with Gasteiger partial charge in [-0.05, 0) is 23.3 Å². The molecule has 0 heterocycles. The second kappa shape index (κ2) is 8.21. The maximum Gasteiger partial charge on any atom is 0.338 e. The molecule has 2 aromatic carbocycles. The monoisotopic (exact) mass is 322 g/mol. The summed E-state index contributed by atoms with van der Waals surface area (Å²) in [6.07, 6.45) is -1.16. The van der Waals surface area contributed by atoms with E-state index in [0.717, 1.165) is 17.7 Å². The van der Waals surface area contributed by atoms with Crippen LogP contribution in [0.2, 0.25) is 0 Å². The van der Waals surface area contributed by atoms with Crippen molar-refractivity contribution in [1.29, 1.82) is 0 Å². The minimum Gasteiger partial charge on any atom is -0.387 e. The van der Waals surface area contributed by atoms with Crippen molar-refractivity contribution < 1.29 is 23.5 Å². The predicted octanol–water partition coefficient (Wildman–Crippen LogP) is 2.43. The lowest BCUT2D eigenvalue weighted by molar-refractivity contribution is 0.0477. The van der Waals surface area contributed by atoms with E-state index in [4.69, 9.17) is 4.84 Å². The van der Waals surface area contributed by atoms with Crippen molar-refractivity contribution in [3.05, 3.63) is 71.3 Å². The van der Waals surface area contributed by atoms with Gasteiger partial charge >= 0.3 is 6.03 Å². The van der Waals surface area contributed by atoms with Crippen LogP contribution < -0.4 is 10.8 Å². The average molecular weight is 322 g/mol. The van der Waals surface area contributed by atoms with Gasteiger partial charge < -0.3 is 10.4 Å². The zero-order valence-electron chi connectivity index (χ0n) is 12.1. The molecule has 23 heavy (non-hydrogen) atoms. The third-order valence-corrected chi connectivity index (χ3v) is 3.03. The van der Waals surface area contributed by atoms with Crippen molar-refractivity contribution in [3.63, 3.8) is 0 Å². The lowest BCUT2D eigenvalue weighted by Crippen LogP contribution is -2.37. The quantitative estimate of drug-likeness (QED) is 0.715. The number of amides is 2. The zero-order valence-corrected chi connectivity index (χ0v) is 12.1. The average Bonchev–Trinajstić information content (AvgIpc) is 2.56. The SMILES string of the molecule is O=C(NC[C@@H](O)c1ccc(F)c(F)c1)NOCc1ccccc1. The summed E-state index contributed by atoms with van der Waals surface area (Å²) in [5, 5.41) is 12.2. The molecular weight excluding hydrogens is 306 g/mol. The number of carbonyl (C=O) groups excluding carboxylic acids is 1. The summed E-state index contributed by atoms with van der Waals surface area (Å²) < 4.78 is 25.9. The van der Waals surface area contributed by atoms with Crippen LogP contribution in [0.1, 0.15) is 17.2 Å². The Labute approximate surface area is 131 Å². The minimum absolute atomic E-state index is 0.161. The fourth-order valence-corrected chi connectivity index (χ4v) is 1.82. The topological polar surface area (TPSA) is 70.6 Å². The molecule has 2 amide bonds. The highest BCUT2D eigenvalue weighted by Crippen LogP contribution is 2.15. The number of aliphatic hydroxyl groups is 1. The molecule has 0 radical (unpaired) electrons. The fourth-order valence-electron chi connectivity index (χ4n) is 1.82. The molecule has 2 aromatic rings. The molecule has 3 N–H and O–H groups in total. The molecule has 1 atom stereocenters. The maximum absolute atomic E-state index is 13.1. The van der Waals surface area contributed by atoms with Crippen molar-refractivity contribution in [2.24, 2.45) is 0 Å². The van der Waals surface area contributed by atoms with Crippen LogP contribution >= 0.6 is 0 Å². The van der Waals surface area contributed by atoms with Crippen molar-refractivity contribution >= 4 is 6.03 Å². The van der Waals surface area contributed by atoms with Crippen LogP contribution in [0.15, 0.2) is 48.5 Å². The van der Waals surface area contributed by atoms with E-state index in [1.54, 1.807) is 0 Å². The molecule has 7 heteroatoms. The van der Waals surface area contributed by atoms with Crippen LogP contribution in [0.3, 0.4) is 0 Å². The first-order valence-electron chi connectivity index (χ1n) is 6.89. The van der Waals surface area contributed by atoms with E-state index in [9.17, 15) is 18.7 Å². The lowest BCUT2D eigenvalue weighted by atomic mass is 10.1.